The quantitative estimate of drug-likeness (QED) is 0.671. The first-order valence-corrected chi connectivity index (χ1v) is 6.40. The number of rotatable bonds is 4. The summed E-state index contributed by atoms with van der Waals surface area (Å²) in [6.45, 7) is 0. The average molecular weight is 287 g/mol. The Labute approximate surface area is 112 Å². The van der Waals surface area contributed by atoms with E-state index in [1.807, 2.05) is 0 Å². The number of halogens is 3. The molecule has 3 nitrogen and oxygen atoms in total. The summed E-state index contributed by atoms with van der Waals surface area (Å²) in [5.41, 5.74) is 3.57. The monoisotopic (exact) mass is 287 g/mol. The van der Waals surface area contributed by atoms with Gasteiger partial charge in [0.25, 0.3) is 0 Å². The van der Waals surface area contributed by atoms with E-state index in [0.29, 0.717) is 6.42 Å². The maximum absolute atomic E-state index is 12.9. The van der Waals surface area contributed by atoms with Crippen molar-refractivity contribution in [2.24, 2.45) is 5.84 Å². The number of hydrogen-bond acceptors (Lipinski definition) is 4. The van der Waals surface area contributed by atoms with E-state index in [0.717, 1.165) is 10.9 Å². The molecule has 0 saturated carbocycles. The van der Waals surface area contributed by atoms with Gasteiger partial charge in [0.05, 0.1) is 17.1 Å². The van der Waals surface area contributed by atoms with Gasteiger partial charge in [-0.05, 0) is 11.6 Å². The molecule has 0 aliphatic rings. The highest BCUT2D eigenvalue weighted by Gasteiger charge is 2.34. The second-order valence-corrected chi connectivity index (χ2v) is 4.95. The lowest BCUT2D eigenvalue weighted by Crippen LogP contribution is -2.31. The van der Waals surface area contributed by atoms with E-state index in [2.05, 4.69) is 10.4 Å². The van der Waals surface area contributed by atoms with Crippen LogP contribution in [0, 0.1) is 0 Å². The number of nitrogens with one attached hydrogen (secondary N) is 1. The molecule has 0 spiro atoms. The SMILES string of the molecule is NNC(Cc1cncs1)c1ccccc1C(F)(F)F. The third-order valence-electron chi connectivity index (χ3n) is 2.73. The van der Waals surface area contributed by atoms with Crippen LogP contribution in [0.2, 0.25) is 0 Å². The Kier molecular flexibility index (Phi) is 4.18. The third-order valence-corrected chi connectivity index (χ3v) is 3.53. The van der Waals surface area contributed by atoms with Crippen molar-refractivity contribution < 1.29 is 13.2 Å². The Morgan fingerprint density at radius 3 is 2.63 bits per heavy atom. The normalized spacial score (nSPS) is 13.5. The number of thiazole rings is 1. The summed E-state index contributed by atoms with van der Waals surface area (Å²) in [4.78, 5) is 4.78. The standard InChI is InChI=1S/C12H12F3N3S/c13-12(14,15)10-4-2-1-3-9(10)11(18-16)5-8-6-17-7-19-8/h1-4,6-7,11,18H,5,16H2. The summed E-state index contributed by atoms with van der Waals surface area (Å²) in [7, 11) is 0. The van der Waals surface area contributed by atoms with Gasteiger partial charge in [-0.3, -0.25) is 16.3 Å². The second-order valence-electron chi connectivity index (χ2n) is 3.98. The molecule has 0 fully saturated rings. The third kappa shape index (κ3) is 3.31. The fraction of sp³-hybridized carbons (Fsp3) is 0.250. The molecule has 2 aromatic rings. The van der Waals surface area contributed by atoms with Crippen molar-refractivity contribution in [2.45, 2.75) is 18.6 Å². The van der Waals surface area contributed by atoms with Crippen LogP contribution in [-0.4, -0.2) is 4.98 Å². The van der Waals surface area contributed by atoms with E-state index in [1.165, 1.54) is 23.5 Å². The number of hydrazine groups is 1. The van der Waals surface area contributed by atoms with Crippen molar-refractivity contribution in [2.75, 3.05) is 0 Å². The molecule has 1 atom stereocenters. The Hall–Kier alpha value is -1.44. The van der Waals surface area contributed by atoms with Crippen LogP contribution in [0.15, 0.2) is 36.0 Å². The molecule has 0 amide bonds. The van der Waals surface area contributed by atoms with Crippen molar-refractivity contribution in [3.8, 4) is 0 Å². The number of hydrogen-bond donors (Lipinski definition) is 2. The van der Waals surface area contributed by atoms with Crippen LogP contribution in [0.1, 0.15) is 22.0 Å². The first-order chi connectivity index (χ1) is 9.02. The highest BCUT2D eigenvalue weighted by molar-refractivity contribution is 7.09. The van der Waals surface area contributed by atoms with Gasteiger partial charge in [0.1, 0.15) is 0 Å². The van der Waals surface area contributed by atoms with Crippen molar-refractivity contribution in [3.05, 3.63) is 52.0 Å². The molecule has 7 heteroatoms. The van der Waals surface area contributed by atoms with E-state index < -0.39 is 17.8 Å². The molecular weight excluding hydrogens is 275 g/mol. The Morgan fingerprint density at radius 1 is 1.32 bits per heavy atom. The van der Waals surface area contributed by atoms with E-state index in [1.54, 1.807) is 17.8 Å². The lowest BCUT2D eigenvalue weighted by atomic mass is 9.97. The molecule has 2 rings (SSSR count). The summed E-state index contributed by atoms with van der Waals surface area (Å²) in [6, 6.07) is 4.84. The summed E-state index contributed by atoms with van der Waals surface area (Å²) in [5, 5.41) is 0. The zero-order chi connectivity index (χ0) is 13.9. The van der Waals surface area contributed by atoms with E-state index in [-0.39, 0.29) is 5.56 Å². The fourth-order valence-electron chi connectivity index (χ4n) is 1.86. The highest BCUT2D eigenvalue weighted by atomic mass is 32.1. The van der Waals surface area contributed by atoms with Gasteiger partial charge in [-0.25, -0.2) is 0 Å². The summed E-state index contributed by atoms with van der Waals surface area (Å²) >= 11 is 1.39. The van der Waals surface area contributed by atoms with Gasteiger partial charge >= 0.3 is 6.18 Å². The van der Waals surface area contributed by atoms with E-state index in [4.69, 9.17) is 5.84 Å². The van der Waals surface area contributed by atoms with E-state index >= 15 is 0 Å². The van der Waals surface area contributed by atoms with Crippen LogP contribution < -0.4 is 11.3 Å². The Morgan fingerprint density at radius 2 is 2.05 bits per heavy atom. The van der Waals surface area contributed by atoms with Crippen LogP contribution in [0.25, 0.3) is 0 Å². The summed E-state index contributed by atoms with van der Waals surface area (Å²) < 4.78 is 38.8. The molecule has 19 heavy (non-hydrogen) atoms. The van der Waals surface area contributed by atoms with Gasteiger partial charge in [0.2, 0.25) is 0 Å². The largest absolute Gasteiger partial charge is 0.416 e. The minimum atomic E-state index is -4.39. The minimum Gasteiger partial charge on any atom is -0.271 e. The molecule has 102 valence electrons. The van der Waals surface area contributed by atoms with Crippen LogP contribution in [0.4, 0.5) is 13.2 Å². The first kappa shape index (κ1) is 14.0. The fourth-order valence-corrected chi connectivity index (χ4v) is 2.50. The van der Waals surface area contributed by atoms with Crippen LogP contribution in [-0.2, 0) is 12.6 Å². The van der Waals surface area contributed by atoms with E-state index in [9.17, 15) is 13.2 Å². The molecule has 1 unspecified atom stereocenters. The number of aromatic nitrogens is 1. The Bertz CT molecular complexity index is 525. The predicted octanol–water partition coefficient (Wildman–Crippen LogP) is 2.91. The molecule has 1 aromatic carbocycles. The van der Waals surface area contributed by atoms with Gasteiger partial charge in [-0.15, -0.1) is 11.3 Å². The smallest absolute Gasteiger partial charge is 0.271 e. The van der Waals surface area contributed by atoms with Gasteiger partial charge in [-0.2, -0.15) is 13.2 Å². The molecular formula is C12H12F3N3S. The van der Waals surface area contributed by atoms with Crippen molar-refractivity contribution in [1.82, 2.24) is 10.4 Å². The minimum absolute atomic E-state index is 0.144. The van der Waals surface area contributed by atoms with Crippen molar-refractivity contribution >= 4 is 11.3 Å². The van der Waals surface area contributed by atoms with Crippen LogP contribution >= 0.6 is 11.3 Å². The number of alkyl halides is 3. The lowest BCUT2D eigenvalue weighted by Gasteiger charge is -2.20. The molecule has 0 radical (unpaired) electrons. The number of benzene rings is 1. The van der Waals surface area contributed by atoms with Gasteiger partial charge in [0, 0.05) is 17.5 Å². The molecule has 1 aromatic heterocycles. The molecule has 0 saturated heterocycles. The van der Waals surface area contributed by atoms with Crippen LogP contribution in [0.5, 0.6) is 0 Å². The number of nitrogens with zero attached hydrogens (tertiary/aromatic N) is 1. The predicted molar refractivity (Wildman–Crippen MR) is 67.3 cm³/mol. The molecule has 0 aliphatic carbocycles. The van der Waals surface area contributed by atoms with Gasteiger partial charge < -0.3 is 0 Å². The van der Waals surface area contributed by atoms with Crippen LogP contribution in [0.3, 0.4) is 0 Å². The summed E-state index contributed by atoms with van der Waals surface area (Å²) in [6.07, 6.45) is -2.39. The average Bonchev–Trinajstić information content (AvgIpc) is 2.88. The maximum atomic E-state index is 12.9. The maximum Gasteiger partial charge on any atom is 0.416 e. The van der Waals surface area contributed by atoms with Crippen molar-refractivity contribution in [3.63, 3.8) is 0 Å². The summed E-state index contributed by atoms with van der Waals surface area (Å²) in [5.74, 6) is 5.40. The molecule has 0 aliphatic heterocycles. The van der Waals surface area contributed by atoms with Gasteiger partial charge in [-0.1, -0.05) is 18.2 Å². The highest BCUT2D eigenvalue weighted by Crippen LogP contribution is 2.35. The zero-order valence-electron chi connectivity index (χ0n) is 9.82. The lowest BCUT2D eigenvalue weighted by molar-refractivity contribution is -0.138. The molecule has 1 heterocycles. The van der Waals surface area contributed by atoms with Gasteiger partial charge in [0.15, 0.2) is 0 Å². The Balaban J connectivity index is 2.33. The molecule has 0 bridgehead atoms. The topological polar surface area (TPSA) is 50.9 Å². The number of nitrogens with two attached hydrogens (primary N) is 1. The second kappa shape index (κ2) is 5.68. The zero-order valence-corrected chi connectivity index (χ0v) is 10.6. The first-order valence-electron chi connectivity index (χ1n) is 5.52. The molecule has 3 N–H and O–H groups in total. The van der Waals surface area contributed by atoms with Crippen molar-refractivity contribution in [1.29, 1.82) is 0 Å².